The summed E-state index contributed by atoms with van der Waals surface area (Å²) in [5.74, 6) is 0.188. The largest absolute Gasteiger partial charge is 0.384 e. The minimum absolute atomic E-state index is 0.188. The van der Waals surface area contributed by atoms with Crippen LogP contribution in [-0.2, 0) is 5.60 Å². The second kappa shape index (κ2) is 4.77. The molecular weight excluding hydrogens is 186 g/mol. The molecule has 2 nitrogen and oxygen atoms in total. The smallest absolute Gasteiger partial charge is 0.104 e. The number of hydrogen-bond acceptors (Lipinski definition) is 2. The van der Waals surface area contributed by atoms with Crippen molar-refractivity contribution in [1.29, 1.82) is 0 Å². The Morgan fingerprint density at radius 2 is 1.80 bits per heavy atom. The van der Waals surface area contributed by atoms with Crippen LogP contribution in [0, 0.1) is 12.8 Å². The van der Waals surface area contributed by atoms with Crippen molar-refractivity contribution in [3.63, 3.8) is 0 Å². The van der Waals surface area contributed by atoms with Crippen LogP contribution in [0.15, 0.2) is 24.3 Å². The van der Waals surface area contributed by atoms with Crippen molar-refractivity contribution in [2.45, 2.75) is 26.4 Å². The number of hydrogen-bond donors (Lipinski definition) is 2. The van der Waals surface area contributed by atoms with E-state index in [9.17, 15) is 5.11 Å². The molecule has 0 aromatic heterocycles. The van der Waals surface area contributed by atoms with E-state index in [1.54, 1.807) is 0 Å². The zero-order chi connectivity index (χ0) is 11.5. The molecule has 0 amide bonds. The van der Waals surface area contributed by atoms with Crippen molar-refractivity contribution >= 4 is 0 Å². The fraction of sp³-hybridized carbons (Fsp3) is 0.538. The molecule has 1 aromatic rings. The Bertz CT molecular complexity index is 305. The van der Waals surface area contributed by atoms with Crippen LogP contribution in [0.25, 0.3) is 0 Å². The van der Waals surface area contributed by atoms with Crippen molar-refractivity contribution in [3.8, 4) is 0 Å². The molecule has 15 heavy (non-hydrogen) atoms. The van der Waals surface area contributed by atoms with Gasteiger partial charge in [0.2, 0.25) is 0 Å². The summed E-state index contributed by atoms with van der Waals surface area (Å²) >= 11 is 0. The average molecular weight is 207 g/mol. The highest BCUT2D eigenvalue weighted by molar-refractivity contribution is 5.27. The van der Waals surface area contributed by atoms with Gasteiger partial charge in [0, 0.05) is 6.54 Å². The fourth-order valence-corrected chi connectivity index (χ4v) is 1.75. The minimum atomic E-state index is -0.775. The zero-order valence-corrected chi connectivity index (χ0v) is 10.0. The lowest BCUT2D eigenvalue weighted by atomic mass is 9.83. The monoisotopic (exact) mass is 207 g/mol. The van der Waals surface area contributed by atoms with E-state index in [4.69, 9.17) is 0 Å². The van der Waals surface area contributed by atoms with Crippen molar-refractivity contribution in [3.05, 3.63) is 35.4 Å². The van der Waals surface area contributed by atoms with Crippen LogP contribution in [0.1, 0.15) is 25.0 Å². The van der Waals surface area contributed by atoms with Crippen LogP contribution in [-0.4, -0.2) is 18.7 Å². The first-order valence-corrected chi connectivity index (χ1v) is 5.45. The Labute approximate surface area is 92.3 Å². The van der Waals surface area contributed by atoms with E-state index in [1.165, 1.54) is 5.56 Å². The molecule has 0 aliphatic heterocycles. The van der Waals surface area contributed by atoms with E-state index in [0.29, 0.717) is 6.54 Å². The van der Waals surface area contributed by atoms with Gasteiger partial charge in [-0.15, -0.1) is 0 Å². The number of likely N-dealkylation sites (N-methyl/N-ethyl adjacent to an activating group) is 1. The standard InChI is InChI=1S/C13H21NO/c1-10(2)13(15,9-14-4)12-7-5-11(3)6-8-12/h5-8,10,14-15H,9H2,1-4H3. The van der Waals surface area contributed by atoms with Crippen molar-refractivity contribution < 1.29 is 5.11 Å². The molecule has 1 unspecified atom stereocenters. The van der Waals surface area contributed by atoms with E-state index in [1.807, 2.05) is 45.2 Å². The molecule has 0 aliphatic rings. The maximum atomic E-state index is 10.6. The third kappa shape index (κ3) is 2.58. The topological polar surface area (TPSA) is 32.3 Å². The molecular formula is C13H21NO. The minimum Gasteiger partial charge on any atom is -0.384 e. The third-order valence-electron chi connectivity index (χ3n) is 2.95. The summed E-state index contributed by atoms with van der Waals surface area (Å²) in [4.78, 5) is 0. The van der Waals surface area contributed by atoms with Crippen LogP contribution in [0.2, 0.25) is 0 Å². The molecule has 0 saturated heterocycles. The van der Waals surface area contributed by atoms with Gasteiger partial charge in [-0.25, -0.2) is 0 Å². The van der Waals surface area contributed by atoms with Gasteiger partial charge >= 0.3 is 0 Å². The highest BCUT2D eigenvalue weighted by Crippen LogP contribution is 2.28. The molecule has 0 radical (unpaired) electrons. The number of rotatable bonds is 4. The SMILES string of the molecule is CNCC(O)(c1ccc(C)cc1)C(C)C. The Balaban J connectivity index is 3.04. The van der Waals surface area contributed by atoms with Gasteiger partial charge in [-0.05, 0) is 25.5 Å². The second-order valence-corrected chi connectivity index (χ2v) is 4.48. The molecule has 0 heterocycles. The first-order valence-electron chi connectivity index (χ1n) is 5.45. The number of aliphatic hydroxyl groups is 1. The van der Waals surface area contributed by atoms with Crippen molar-refractivity contribution in [2.75, 3.05) is 13.6 Å². The molecule has 1 atom stereocenters. The summed E-state index contributed by atoms with van der Waals surface area (Å²) in [5.41, 5.74) is 1.43. The van der Waals surface area contributed by atoms with E-state index < -0.39 is 5.60 Å². The van der Waals surface area contributed by atoms with Crippen LogP contribution in [0.3, 0.4) is 0 Å². The molecule has 0 spiro atoms. The normalized spacial score (nSPS) is 15.3. The molecule has 0 aliphatic carbocycles. The molecule has 0 saturated carbocycles. The van der Waals surface area contributed by atoms with Gasteiger partial charge in [0.15, 0.2) is 0 Å². The Morgan fingerprint density at radius 3 is 2.20 bits per heavy atom. The second-order valence-electron chi connectivity index (χ2n) is 4.48. The van der Waals surface area contributed by atoms with Gasteiger partial charge in [0.1, 0.15) is 5.60 Å². The molecule has 2 heteroatoms. The molecule has 1 aromatic carbocycles. The van der Waals surface area contributed by atoms with Gasteiger partial charge < -0.3 is 10.4 Å². The predicted octanol–water partition coefficient (Wildman–Crippen LogP) is 2.06. The number of nitrogens with one attached hydrogen (secondary N) is 1. The average Bonchev–Trinajstić information content (AvgIpc) is 2.18. The summed E-state index contributed by atoms with van der Waals surface area (Å²) in [7, 11) is 1.86. The molecule has 0 fully saturated rings. The fourth-order valence-electron chi connectivity index (χ4n) is 1.75. The number of benzene rings is 1. The van der Waals surface area contributed by atoms with Crippen molar-refractivity contribution in [1.82, 2.24) is 5.32 Å². The lowest BCUT2D eigenvalue weighted by molar-refractivity contribution is -0.00757. The van der Waals surface area contributed by atoms with Gasteiger partial charge in [0.05, 0.1) is 0 Å². The lowest BCUT2D eigenvalue weighted by Crippen LogP contribution is -2.41. The predicted molar refractivity (Wildman–Crippen MR) is 63.8 cm³/mol. The summed E-state index contributed by atoms with van der Waals surface area (Å²) < 4.78 is 0. The quantitative estimate of drug-likeness (QED) is 0.792. The first kappa shape index (κ1) is 12.2. The van der Waals surface area contributed by atoms with Crippen molar-refractivity contribution in [2.24, 2.45) is 5.92 Å². The summed E-state index contributed by atoms with van der Waals surface area (Å²) in [6.07, 6.45) is 0. The first-order chi connectivity index (χ1) is 7.00. The Morgan fingerprint density at radius 1 is 1.27 bits per heavy atom. The van der Waals surface area contributed by atoms with Crippen LogP contribution >= 0.6 is 0 Å². The Kier molecular flexibility index (Phi) is 3.89. The van der Waals surface area contributed by atoms with Crippen LogP contribution in [0.5, 0.6) is 0 Å². The summed E-state index contributed by atoms with van der Waals surface area (Å²) in [6.45, 7) is 6.71. The van der Waals surface area contributed by atoms with Gasteiger partial charge in [-0.3, -0.25) is 0 Å². The highest BCUT2D eigenvalue weighted by Gasteiger charge is 2.31. The van der Waals surface area contributed by atoms with E-state index >= 15 is 0 Å². The molecule has 84 valence electrons. The third-order valence-corrected chi connectivity index (χ3v) is 2.95. The van der Waals surface area contributed by atoms with E-state index in [-0.39, 0.29) is 5.92 Å². The molecule has 2 N–H and O–H groups in total. The maximum absolute atomic E-state index is 10.6. The van der Waals surface area contributed by atoms with Crippen LogP contribution < -0.4 is 5.32 Å². The van der Waals surface area contributed by atoms with E-state index in [2.05, 4.69) is 12.2 Å². The maximum Gasteiger partial charge on any atom is 0.104 e. The summed E-state index contributed by atoms with van der Waals surface area (Å²) in [5, 5.41) is 13.6. The zero-order valence-electron chi connectivity index (χ0n) is 10.0. The van der Waals surface area contributed by atoms with Gasteiger partial charge in [-0.1, -0.05) is 43.7 Å². The Hall–Kier alpha value is -0.860. The van der Waals surface area contributed by atoms with Crippen LogP contribution in [0.4, 0.5) is 0 Å². The van der Waals surface area contributed by atoms with Gasteiger partial charge in [-0.2, -0.15) is 0 Å². The van der Waals surface area contributed by atoms with Gasteiger partial charge in [0.25, 0.3) is 0 Å². The molecule has 1 rings (SSSR count). The molecule has 0 bridgehead atoms. The van der Waals surface area contributed by atoms with E-state index in [0.717, 1.165) is 5.56 Å². The number of aryl methyl sites for hydroxylation is 1. The summed E-state index contributed by atoms with van der Waals surface area (Å²) in [6, 6.07) is 8.09. The highest BCUT2D eigenvalue weighted by atomic mass is 16.3. The lowest BCUT2D eigenvalue weighted by Gasteiger charge is -2.32.